The molecule has 0 fully saturated rings. The third-order valence-corrected chi connectivity index (χ3v) is 25.9. The third kappa shape index (κ3) is 32.4. The van der Waals surface area contributed by atoms with Crippen LogP contribution in [-0.2, 0) is 9.59 Å². The van der Waals surface area contributed by atoms with Gasteiger partial charge in [-0.2, -0.15) is 9.98 Å². The van der Waals surface area contributed by atoms with Gasteiger partial charge in [-0.05, 0) is 290 Å². The van der Waals surface area contributed by atoms with Crippen molar-refractivity contribution in [1.82, 2.24) is 0 Å². The van der Waals surface area contributed by atoms with E-state index in [-0.39, 0.29) is 28.2 Å². The first-order valence-corrected chi connectivity index (χ1v) is 49.4. The summed E-state index contributed by atoms with van der Waals surface area (Å²) in [5, 5.41) is 55.6. The third-order valence-electron chi connectivity index (χ3n) is 25.9. The summed E-state index contributed by atoms with van der Waals surface area (Å²) in [4.78, 5) is 152. The molecule has 4 amide bonds. The van der Waals surface area contributed by atoms with Gasteiger partial charge in [0, 0.05) is 45.5 Å². The van der Waals surface area contributed by atoms with Crippen LogP contribution in [0.5, 0.6) is 5.75 Å². The van der Waals surface area contributed by atoms with Crippen LogP contribution in [0.25, 0.3) is 0 Å². The largest absolute Gasteiger partial charge is 0.478 e. The van der Waals surface area contributed by atoms with E-state index < -0.39 is 69.8 Å². The van der Waals surface area contributed by atoms with Gasteiger partial charge in [-0.25, -0.2) is 28.8 Å². The molecule has 0 saturated carbocycles. The summed E-state index contributed by atoms with van der Waals surface area (Å²) >= 11 is 0. The van der Waals surface area contributed by atoms with Gasteiger partial charge in [-0.1, -0.05) is 263 Å². The Morgan fingerprint density at radius 2 is 0.493 bits per heavy atom. The normalized spacial score (nSPS) is 11.3. The van der Waals surface area contributed by atoms with E-state index in [0.717, 1.165) is 46.1 Å². The minimum absolute atomic E-state index is 0.0633. The average Bonchev–Trinajstić information content (AvgIpc) is 0.763. The quantitative estimate of drug-likeness (QED) is 0.00436. The number of carboxylic acid groups (broad SMARTS) is 4. The van der Waals surface area contributed by atoms with Gasteiger partial charge in [0.15, 0.2) is 12.6 Å². The number of nitrogens with zero attached hydrogens (tertiary/aromatic N) is 3. The molecule has 0 bridgehead atoms. The summed E-state index contributed by atoms with van der Waals surface area (Å²) in [6, 6.07) is 68.6. The lowest BCUT2D eigenvalue weighted by molar-refractivity contribution is 0.0637. The van der Waals surface area contributed by atoms with Crippen LogP contribution in [0.2, 0.25) is 0 Å². The molecule has 25 nitrogen and oxygen atoms in total. The molecule has 10 N–H and O–H groups in total. The number of amides is 4. The van der Waals surface area contributed by atoms with Gasteiger partial charge in [0.05, 0.1) is 55.9 Å². The number of anilines is 5. The van der Waals surface area contributed by atoms with E-state index in [1.165, 1.54) is 52.1 Å². The summed E-state index contributed by atoms with van der Waals surface area (Å²) < 4.78 is 4.84. The van der Waals surface area contributed by atoms with Crippen LogP contribution >= 0.6 is 0 Å². The van der Waals surface area contributed by atoms with Gasteiger partial charge in [0.25, 0.3) is 29.9 Å². The van der Waals surface area contributed by atoms with Crippen LogP contribution in [0, 0.1) is 70.7 Å². The molecule has 0 radical (unpaired) electrons. The SMILES string of the molecule is CC(C)C(c1ccc(N)cc1)C(C)C.CC(C)C(c1ccc(NC(=O)c2cc(C(=O)Nc3ccc(C(C(C)C)C(C)C)cc3)c(C(=O)Nc3ccc(C(C(C)C)C(C)C)cc3)cc2C(=O)Nc2ccc(C(C(C)C)C(C)C)cc2)cc1)C(C)C.CC(C)c1cc(C=O)c(C=O)cc1C(C)C.N#COc1ccc(C(c2ccc(N=C=O)cc2)c2ccc(N=C=O)cc2)cc1.O=C(O)c1cc(C(=O)O)c(C(=O)O)cc1C(=O)O. The zero-order valence-corrected chi connectivity index (χ0v) is 88.0. The van der Waals surface area contributed by atoms with Crippen LogP contribution in [0.15, 0.2) is 241 Å². The number of hydrogen-bond donors (Lipinski definition) is 9. The lowest BCUT2D eigenvalue weighted by Gasteiger charge is -2.25. The number of ether oxygens (including phenoxy) is 1. The Morgan fingerprint density at radius 3 is 0.678 bits per heavy atom. The highest BCUT2D eigenvalue weighted by Crippen LogP contribution is 2.41. The Kier molecular flexibility index (Phi) is 44.4. The van der Waals surface area contributed by atoms with Crippen molar-refractivity contribution in [3.8, 4) is 12.0 Å². The van der Waals surface area contributed by atoms with Crippen LogP contribution < -0.4 is 31.7 Å². The van der Waals surface area contributed by atoms with Gasteiger partial charge in [0.2, 0.25) is 12.2 Å². The smallest absolute Gasteiger partial charge is 0.336 e. The molecule has 0 aliphatic rings. The molecule has 146 heavy (non-hydrogen) atoms. The number of carbonyl (C=O) groups excluding carboxylic acids is 8. The van der Waals surface area contributed by atoms with E-state index >= 15 is 0 Å². The fourth-order valence-electron chi connectivity index (χ4n) is 19.8. The molecular formula is C121H140N8O17. The number of isocyanates is 2. The Labute approximate surface area is 858 Å². The number of nitrogens with two attached hydrogens (primary N) is 1. The number of benzene rings is 11. The molecular weight excluding hydrogens is 1840 g/mol. The number of carboxylic acids is 4. The summed E-state index contributed by atoms with van der Waals surface area (Å²) in [5.74, 6) is -1.36. The highest BCUT2D eigenvalue weighted by Gasteiger charge is 2.32. The van der Waals surface area contributed by atoms with E-state index in [0.29, 0.717) is 164 Å². The van der Waals surface area contributed by atoms with E-state index in [1.807, 2.05) is 158 Å². The Bertz CT molecular complexity index is 5870. The molecule has 0 aromatic heterocycles. The number of rotatable bonds is 37. The molecule has 766 valence electrons. The summed E-state index contributed by atoms with van der Waals surface area (Å²) in [6.45, 7) is 52.9. The standard InChI is InChI=1S/C62H82N4O4.C22H13N3O3.C14H18O2.C13H21N.C10H6O8/c1-35(2)55(36(3)4)43-17-25-47(26-18-43)63-59(67)51-33-53(61(69)65-49-29-21-45(22-30-49)57(39(9)10)40(11)12)54(62(70)66-50-31-23-46(24-32-50)58(41(13)14)42(15)16)34-52(51)60(68)64-48-27-19-44(20-28-48)56(37(5)6)38(7)8;23-13-28-21-11-5-18(6-12-21)22(16-1-7-19(8-2-16)24-14-26)17-3-9-20(10-4-17)25-15-27;1-9(2)13-5-11(7-15)12(8-16)6-14(13)10(3)4;1-9(2)13(10(3)4)11-5-7-12(14)8-6-11;11-7(12)3-1-4(8(13)14)6(10(17)18)2-5(3)9(15)16/h17-42,55-58H,1-16H3,(H,63,67)(H,64,68)(H,65,69)(H,66,70);1-12,22H;5-10H,1-4H3;5-10,13H,14H2,1-4H3;1-2H,(H,11,12)(H,13,14)(H,15,16)(H,17,18). The zero-order valence-electron chi connectivity index (χ0n) is 88.0. The molecule has 0 aliphatic heterocycles. The van der Waals surface area contributed by atoms with E-state index in [4.69, 9.17) is 36.2 Å². The van der Waals surface area contributed by atoms with Crippen molar-refractivity contribution in [2.45, 2.75) is 214 Å². The number of aliphatic imine (C=N–C) groups is 2. The number of carbonyl (C=O) groups is 10. The second-order valence-corrected chi connectivity index (χ2v) is 40.6. The number of nitriles is 1. The minimum atomic E-state index is -1.66. The van der Waals surface area contributed by atoms with Crippen LogP contribution in [0.3, 0.4) is 0 Å². The zero-order chi connectivity index (χ0) is 109. The predicted octanol–water partition coefficient (Wildman–Crippen LogP) is 28.6. The topological polar surface area (TPSA) is 418 Å². The molecule has 0 atom stereocenters. The molecule has 0 aliphatic carbocycles. The fourth-order valence-corrected chi connectivity index (χ4v) is 19.8. The lowest BCUT2D eigenvalue weighted by Crippen LogP contribution is -2.26. The van der Waals surface area contributed by atoms with Crippen LogP contribution in [0.4, 0.5) is 39.8 Å². The minimum Gasteiger partial charge on any atom is -0.478 e. The van der Waals surface area contributed by atoms with Gasteiger partial charge in [0.1, 0.15) is 5.75 Å². The maximum absolute atomic E-state index is 14.6. The van der Waals surface area contributed by atoms with Gasteiger partial charge in [-0.15, -0.1) is 5.26 Å². The highest BCUT2D eigenvalue weighted by molar-refractivity contribution is 6.21. The molecule has 0 unspecified atom stereocenters. The van der Waals surface area contributed by atoms with Crippen molar-refractivity contribution in [1.29, 1.82) is 5.26 Å². The number of hydrogen-bond acceptors (Lipinski definition) is 17. The van der Waals surface area contributed by atoms with E-state index in [1.54, 1.807) is 42.7 Å². The van der Waals surface area contributed by atoms with Crippen molar-refractivity contribution in [2.24, 2.45) is 69.2 Å². The van der Waals surface area contributed by atoms with Gasteiger partial charge in [-0.3, -0.25) is 28.8 Å². The van der Waals surface area contributed by atoms with Crippen molar-refractivity contribution >= 4 is 112 Å². The molecule has 11 rings (SSSR count). The average molecular weight is 1980 g/mol. The fraction of sp³-hybridized carbons (Fsp3) is 0.347. The lowest BCUT2D eigenvalue weighted by atomic mass is 9.80. The van der Waals surface area contributed by atoms with Crippen molar-refractivity contribution in [2.75, 3.05) is 27.0 Å². The molecule has 11 aromatic rings. The van der Waals surface area contributed by atoms with Crippen molar-refractivity contribution in [3.63, 3.8) is 0 Å². The highest BCUT2D eigenvalue weighted by atomic mass is 16.5. The predicted molar refractivity (Wildman–Crippen MR) is 579 cm³/mol. The van der Waals surface area contributed by atoms with E-state index in [9.17, 15) is 57.5 Å². The monoisotopic (exact) mass is 1980 g/mol. The molecule has 0 spiro atoms. The maximum atomic E-state index is 14.6. The second kappa shape index (κ2) is 55.3. The van der Waals surface area contributed by atoms with Crippen LogP contribution in [-0.4, -0.2) is 92.7 Å². The molecule has 0 saturated heterocycles. The number of nitrogens with one attached hydrogen (secondary N) is 4. The molecule has 11 aromatic carbocycles. The Morgan fingerprint density at radius 1 is 0.295 bits per heavy atom. The number of aldehydes is 2. The van der Waals surface area contributed by atoms with Gasteiger partial charge < -0.3 is 52.2 Å². The molecule has 25 heteroatoms. The first kappa shape index (κ1) is 117. The van der Waals surface area contributed by atoms with Gasteiger partial charge >= 0.3 is 23.9 Å². The summed E-state index contributed by atoms with van der Waals surface area (Å²) in [5.41, 5.74) is 18.6. The maximum Gasteiger partial charge on any atom is 0.336 e. The molecule has 0 heterocycles. The second-order valence-electron chi connectivity index (χ2n) is 40.6. The first-order chi connectivity index (χ1) is 69.0. The number of nitrogen functional groups attached to an aromatic ring is 1. The number of aromatic carboxylic acids is 4. The van der Waals surface area contributed by atoms with Crippen molar-refractivity contribution in [3.05, 3.63) is 342 Å². The summed E-state index contributed by atoms with van der Waals surface area (Å²) in [6.07, 6.45) is 6.20. The van der Waals surface area contributed by atoms with Crippen LogP contribution in [0.1, 0.15) is 373 Å². The Balaban J connectivity index is 0.000000304. The first-order valence-electron chi connectivity index (χ1n) is 49.4. The van der Waals surface area contributed by atoms with E-state index in [2.05, 4.69) is 210 Å². The summed E-state index contributed by atoms with van der Waals surface area (Å²) in [7, 11) is 0. The Hall–Kier alpha value is -15.6. The van der Waals surface area contributed by atoms with Crippen molar-refractivity contribution < 1.29 is 82.7 Å².